The van der Waals surface area contributed by atoms with Gasteiger partial charge in [0, 0.05) is 31.8 Å². The molecule has 0 N–H and O–H groups in total. The van der Waals surface area contributed by atoms with Crippen molar-refractivity contribution in [2.45, 2.75) is 24.8 Å². The molecule has 0 fully saturated rings. The predicted octanol–water partition coefficient (Wildman–Crippen LogP) is 6.01. The van der Waals surface area contributed by atoms with E-state index in [1.165, 1.54) is 12.1 Å². The summed E-state index contributed by atoms with van der Waals surface area (Å²) >= 11 is 0. The fraction of sp³-hybridized carbons (Fsp3) is 0.258. The van der Waals surface area contributed by atoms with Gasteiger partial charge in [-0.2, -0.15) is 8.42 Å². The van der Waals surface area contributed by atoms with Crippen molar-refractivity contribution in [3.05, 3.63) is 96.2 Å². The molecule has 4 rings (SSSR count). The van der Waals surface area contributed by atoms with E-state index in [1.807, 2.05) is 73.5 Å². The molecule has 10 heteroatoms. The van der Waals surface area contributed by atoms with Gasteiger partial charge in [-0.1, -0.05) is 17.7 Å². The predicted molar refractivity (Wildman–Crippen MR) is 157 cm³/mol. The first-order valence-corrected chi connectivity index (χ1v) is 14.4. The van der Waals surface area contributed by atoms with Gasteiger partial charge in [-0.15, -0.1) is 0 Å². The van der Waals surface area contributed by atoms with E-state index in [9.17, 15) is 8.42 Å². The van der Waals surface area contributed by atoms with Gasteiger partial charge < -0.3 is 23.8 Å². The van der Waals surface area contributed by atoms with Gasteiger partial charge in [-0.25, -0.2) is 4.98 Å². The molecule has 0 aliphatic carbocycles. The lowest BCUT2D eigenvalue weighted by atomic mass is 10.1. The summed E-state index contributed by atoms with van der Waals surface area (Å²) in [7, 11) is 1.34. The molecule has 0 saturated carbocycles. The Morgan fingerprint density at radius 1 is 0.829 bits per heavy atom. The van der Waals surface area contributed by atoms with Gasteiger partial charge in [0.15, 0.2) is 0 Å². The zero-order valence-electron chi connectivity index (χ0n) is 23.6. The van der Waals surface area contributed by atoms with Gasteiger partial charge in [0.25, 0.3) is 10.1 Å². The lowest BCUT2D eigenvalue weighted by molar-refractivity contribution is 0.249. The standard InChI is InChI=1S/C31H34N2O7S/c1-23-8-15-28(16-9-23)41(34,35)39-20-6-19-38-30-17-14-27(37-4)21-24(30)22-33(2)29-7-5-18-32-31(29)40-26-12-10-25(36-3)11-13-26/h5,7-18,21H,6,19-20,22H2,1-4H3. The van der Waals surface area contributed by atoms with E-state index >= 15 is 0 Å². The molecule has 0 unspecified atom stereocenters. The van der Waals surface area contributed by atoms with E-state index in [0.717, 1.165) is 22.6 Å². The molecule has 0 saturated heterocycles. The van der Waals surface area contributed by atoms with Gasteiger partial charge in [0.05, 0.1) is 32.3 Å². The van der Waals surface area contributed by atoms with Crippen LogP contribution in [0.15, 0.2) is 90.0 Å². The van der Waals surface area contributed by atoms with Gasteiger partial charge >= 0.3 is 0 Å². The van der Waals surface area contributed by atoms with Crippen molar-refractivity contribution in [3.63, 3.8) is 0 Å². The van der Waals surface area contributed by atoms with E-state index < -0.39 is 10.1 Å². The van der Waals surface area contributed by atoms with Gasteiger partial charge in [-0.05, 0) is 73.7 Å². The molecule has 0 aliphatic heterocycles. The number of ether oxygens (including phenoxy) is 4. The summed E-state index contributed by atoms with van der Waals surface area (Å²) in [5.74, 6) is 3.17. The van der Waals surface area contributed by atoms with Crippen LogP contribution >= 0.6 is 0 Å². The second kappa shape index (κ2) is 13.9. The van der Waals surface area contributed by atoms with Crippen molar-refractivity contribution in [3.8, 4) is 28.9 Å². The molecular formula is C31H34N2O7S. The third kappa shape index (κ3) is 8.12. The van der Waals surface area contributed by atoms with Gasteiger partial charge in [0.2, 0.25) is 5.88 Å². The Morgan fingerprint density at radius 2 is 1.51 bits per heavy atom. The molecular weight excluding hydrogens is 544 g/mol. The van der Waals surface area contributed by atoms with Crippen molar-refractivity contribution < 1.29 is 31.5 Å². The van der Waals surface area contributed by atoms with Crippen LogP contribution in [0.3, 0.4) is 0 Å². The Bertz CT molecular complexity index is 1530. The number of aryl methyl sites for hydroxylation is 1. The quantitative estimate of drug-likeness (QED) is 0.132. The fourth-order valence-electron chi connectivity index (χ4n) is 3.98. The zero-order valence-corrected chi connectivity index (χ0v) is 24.4. The topological polar surface area (TPSA) is 96.4 Å². The Kier molecular flexibility index (Phi) is 10.0. The molecule has 0 atom stereocenters. The van der Waals surface area contributed by atoms with E-state index in [2.05, 4.69) is 4.98 Å². The normalized spacial score (nSPS) is 11.1. The smallest absolute Gasteiger partial charge is 0.296 e. The van der Waals surface area contributed by atoms with E-state index in [1.54, 1.807) is 32.5 Å². The van der Waals surface area contributed by atoms with Crippen LogP contribution in [0.4, 0.5) is 5.69 Å². The minimum Gasteiger partial charge on any atom is -0.497 e. The van der Waals surface area contributed by atoms with Crippen LogP contribution in [0.5, 0.6) is 28.9 Å². The minimum atomic E-state index is -3.82. The Labute approximate surface area is 241 Å². The van der Waals surface area contributed by atoms with Crippen molar-refractivity contribution in [1.82, 2.24) is 4.98 Å². The Balaban J connectivity index is 1.40. The monoisotopic (exact) mass is 578 g/mol. The first kappa shape index (κ1) is 29.7. The van der Waals surface area contributed by atoms with Crippen LogP contribution in [0.25, 0.3) is 0 Å². The van der Waals surface area contributed by atoms with Crippen LogP contribution < -0.4 is 23.8 Å². The van der Waals surface area contributed by atoms with Crippen LogP contribution in [0.2, 0.25) is 0 Å². The molecule has 41 heavy (non-hydrogen) atoms. The molecule has 0 radical (unpaired) electrons. The average Bonchev–Trinajstić information content (AvgIpc) is 2.98. The molecule has 3 aromatic carbocycles. The second-order valence-electron chi connectivity index (χ2n) is 9.23. The third-order valence-electron chi connectivity index (χ3n) is 6.21. The minimum absolute atomic E-state index is 0.00332. The highest BCUT2D eigenvalue weighted by atomic mass is 32.2. The maximum atomic E-state index is 12.4. The summed E-state index contributed by atoms with van der Waals surface area (Å²) in [6, 6.07) is 23.2. The summed E-state index contributed by atoms with van der Waals surface area (Å²) in [4.78, 5) is 6.58. The molecule has 0 bridgehead atoms. The highest BCUT2D eigenvalue weighted by molar-refractivity contribution is 7.86. The maximum absolute atomic E-state index is 12.4. The molecule has 216 valence electrons. The maximum Gasteiger partial charge on any atom is 0.296 e. The first-order chi connectivity index (χ1) is 19.8. The number of anilines is 1. The van der Waals surface area contributed by atoms with Crippen molar-refractivity contribution >= 4 is 15.8 Å². The molecule has 0 amide bonds. The summed E-state index contributed by atoms with van der Waals surface area (Å²) in [5, 5.41) is 0. The number of aromatic nitrogens is 1. The van der Waals surface area contributed by atoms with Crippen LogP contribution in [-0.2, 0) is 20.8 Å². The molecule has 1 heterocycles. The molecule has 0 aliphatic rings. The van der Waals surface area contributed by atoms with Crippen molar-refractivity contribution in [2.24, 2.45) is 0 Å². The van der Waals surface area contributed by atoms with E-state index in [4.69, 9.17) is 23.1 Å². The van der Waals surface area contributed by atoms with Crippen LogP contribution in [0.1, 0.15) is 17.5 Å². The lowest BCUT2D eigenvalue weighted by Crippen LogP contribution is -2.18. The number of nitrogens with zero attached hydrogens (tertiary/aromatic N) is 2. The number of pyridine rings is 1. The van der Waals surface area contributed by atoms with Crippen molar-refractivity contribution in [2.75, 3.05) is 39.4 Å². The van der Waals surface area contributed by atoms with Crippen LogP contribution in [-0.4, -0.2) is 47.9 Å². The zero-order chi connectivity index (χ0) is 29.2. The molecule has 4 aromatic rings. The average molecular weight is 579 g/mol. The SMILES string of the molecule is COc1ccc(Oc2ncccc2N(C)Cc2cc(OC)ccc2OCCCOS(=O)(=O)c2ccc(C)cc2)cc1. The first-order valence-electron chi connectivity index (χ1n) is 13.0. The largest absolute Gasteiger partial charge is 0.497 e. The fourth-order valence-corrected chi connectivity index (χ4v) is 4.92. The molecule has 9 nitrogen and oxygen atoms in total. The summed E-state index contributed by atoms with van der Waals surface area (Å²) in [5.41, 5.74) is 2.63. The van der Waals surface area contributed by atoms with Crippen LogP contribution in [0, 0.1) is 6.92 Å². The number of hydrogen-bond acceptors (Lipinski definition) is 9. The Hall–Kier alpha value is -4.28. The highest BCUT2D eigenvalue weighted by Gasteiger charge is 2.16. The number of methoxy groups -OCH3 is 2. The molecule has 1 aromatic heterocycles. The summed E-state index contributed by atoms with van der Waals surface area (Å²) < 4.78 is 52.8. The number of rotatable bonds is 14. The number of benzene rings is 3. The highest BCUT2D eigenvalue weighted by Crippen LogP contribution is 2.33. The van der Waals surface area contributed by atoms with Crippen molar-refractivity contribution in [1.29, 1.82) is 0 Å². The summed E-state index contributed by atoms with van der Waals surface area (Å²) in [6.45, 7) is 2.63. The third-order valence-corrected chi connectivity index (χ3v) is 7.53. The van der Waals surface area contributed by atoms with Gasteiger partial charge in [0.1, 0.15) is 28.7 Å². The molecule has 0 spiro atoms. The number of hydrogen-bond donors (Lipinski definition) is 0. The van der Waals surface area contributed by atoms with E-state index in [-0.39, 0.29) is 18.1 Å². The van der Waals surface area contributed by atoms with E-state index in [0.29, 0.717) is 36.1 Å². The Morgan fingerprint density at radius 3 is 2.22 bits per heavy atom. The second-order valence-corrected chi connectivity index (χ2v) is 10.8. The summed E-state index contributed by atoms with van der Waals surface area (Å²) in [6.07, 6.45) is 2.06. The van der Waals surface area contributed by atoms with Gasteiger partial charge in [-0.3, -0.25) is 4.18 Å². The lowest BCUT2D eigenvalue weighted by Gasteiger charge is -2.23.